The minimum absolute atomic E-state index is 0.167. The summed E-state index contributed by atoms with van der Waals surface area (Å²) in [5.41, 5.74) is 6.51. The molecule has 1 heterocycles. The normalized spacial score (nSPS) is 12.4. The van der Waals surface area contributed by atoms with E-state index in [1.807, 2.05) is 18.2 Å². The smallest absolute Gasteiger partial charge is 0.0642 e. The highest BCUT2D eigenvalue weighted by atomic mass is 14.8. The molecule has 52 valence electrons. The van der Waals surface area contributed by atoms with Gasteiger partial charge in [-0.25, -0.2) is 0 Å². The Bertz CT molecular complexity index is 219. The van der Waals surface area contributed by atoms with Crippen LogP contribution < -0.4 is 5.73 Å². The maximum atomic E-state index is 8.29. The van der Waals surface area contributed by atoms with Crippen molar-refractivity contribution in [1.29, 1.82) is 5.26 Å². The number of H-pyrrole nitrogens is 1. The second-order valence-corrected chi connectivity index (χ2v) is 2.09. The number of aromatic nitrogens is 1. The van der Waals surface area contributed by atoms with Crippen molar-refractivity contribution in [3.05, 3.63) is 24.0 Å². The van der Waals surface area contributed by atoms with Gasteiger partial charge in [-0.2, -0.15) is 5.26 Å². The lowest BCUT2D eigenvalue weighted by Crippen LogP contribution is -2.09. The van der Waals surface area contributed by atoms with Crippen LogP contribution in [0.25, 0.3) is 0 Å². The third-order valence-corrected chi connectivity index (χ3v) is 1.33. The molecule has 0 saturated heterocycles. The van der Waals surface area contributed by atoms with Crippen LogP contribution in [0.3, 0.4) is 0 Å². The molecule has 1 rings (SSSR count). The van der Waals surface area contributed by atoms with Crippen molar-refractivity contribution in [1.82, 2.24) is 4.98 Å². The standard InChI is InChI=1S/C7H9N3/c8-4-3-6(9)7-2-1-5-10-7/h1-2,5-6,10H,3,9H2/t6-/m0/s1. The van der Waals surface area contributed by atoms with E-state index in [2.05, 4.69) is 4.98 Å². The molecule has 0 aliphatic heterocycles. The molecular formula is C7H9N3. The van der Waals surface area contributed by atoms with Gasteiger partial charge in [-0.3, -0.25) is 0 Å². The Hall–Kier alpha value is -1.27. The van der Waals surface area contributed by atoms with Crippen molar-refractivity contribution in [2.24, 2.45) is 5.73 Å². The van der Waals surface area contributed by atoms with Gasteiger partial charge in [-0.05, 0) is 12.1 Å². The van der Waals surface area contributed by atoms with Gasteiger partial charge >= 0.3 is 0 Å². The van der Waals surface area contributed by atoms with E-state index in [1.165, 1.54) is 0 Å². The first-order chi connectivity index (χ1) is 4.84. The average Bonchev–Trinajstić information content (AvgIpc) is 2.38. The van der Waals surface area contributed by atoms with E-state index in [-0.39, 0.29) is 6.04 Å². The van der Waals surface area contributed by atoms with Crippen molar-refractivity contribution in [3.8, 4) is 6.07 Å². The number of nitrogens with two attached hydrogens (primary N) is 1. The summed E-state index contributed by atoms with van der Waals surface area (Å²) in [6.45, 7) is 0. The summed E-state index contributed by atoms with van der Waals surface area (Å²) in [4.78, 5) is 2.95. The zero-order valence-corrected chi connectivity index (χ0v) is 5.54. The Labute approximate surface area is 59.5 Å². The molecule has 0 radical (unpaired) electrons. The maximum Gasteiger partial charge on any atom is 0.0642 e. The monoisotopic (exact) mass is 135 g/mol. The van der Waals surface area contributed by atoms with Crippen LogP contribution >= 0.6 is 0 Å². The predicted octanol–water partition coefficient (Wildman–Crippen LogP) is 0.928. The fourth-order valence-corrected chi connectivity index (χ4v) is 0.783. The van der Waals surface area contributed by atoms with Gasteiger partial charge < -0.3 is 10.7 Å². The summed E-state index contributed by atoms with van der Waals surface area (Å²) in [6.07, 6.45) is 2.16. The number of aromatic amines is 1. The van der Waals surface area contributed by atoms with Crippen molar-refractivity contribution in [2.75, 3.05) is 0 Å². The molecule has 0 amide bonds. The number of hydrogen-bond acceptors (Lipinski definition) is 2. The topological polar surface area (TPSA) is 65.6 Å². The molecule has 10 heavy (non-hydrogen) atoms. The number of rotatable bonds is 2. The molecule has 0 saturated carbocycles. The summed E-state index contributed by atoms with van der Waals surface area (Å²) in [5, 5.41) is 8.29. The van der Waals surface area contributed by atoms with Gasteiger partial charge in [0.15, 0.2) is 0 Å². The minimum atomic E-state index is -0.167. The lowest BCUT2D eigenvalue weighted by atomic mass is 10.2. The first-order valence-corrected chi connectivity index (χ1v) is 3.10. The molecule has 0 unspecified atom stereocenters. The molecule has 0 aliphatic rings. The average molecular weight is 135 g/mol. The van der Waals surface area contributed by atoms with E-state index in [0.717, 1.165) is 5.69 Å². The summed E-state index contributed by atoms with van der Waals surface area (Å²) < 4.78 is 0. The lowest BCUT2D eigenvalue weighted by Gasteiger charge is -2.02. The fourth-order valence-electron chi connectivity index (χ4n) is 0.783. The minimum Gasteiger partial charge on any atom is -0.364 e. The molecule has 0 spiro atoms. The van der Waals surface area contributed by atoms with Crippen LogP contribution in [0.5, 0.6) is 0 Å². The third kappa shape index (κ3) is 1.36. The molecule has 3 nitrogen and oxygen atoms in total. The van der Waals surface area contributed by atoms with Crippen LogP contribution in [-0.2, 0) is 0 Å². The Morgan fingerprint density at radius 2 is 2.60 bits per heavy atom. The van der Waals surface area contributed by atoms with Crippen LogP contribution in [0.1, 0.15) is 18.2 Å². The fraction of sp³-hybridized carbons (Fsp3) is 0.286. The molecule has 0 bridgehead atoms. The first-order valence-electron chi connectivity index (χ1n) is 3.10. The molecule has 3 heteroatoms. The van der Waals surface area contributed by atoms with Gasteiger partial charge in [0.1, 0.15) is 0 Å². The first kappa shape index (κ1) is 6.84. The van der Waals surface area contributed by atoms with Gasteiger partial charge in [0.25, 0.3) is 0 Å². The van der Waals surface area contributed by atoms with Crippen molar-refractivity contribution < 1.29 is 0 Å². The third-order valence-electron chi connectivity index (χ3n) is 1.33. The summed E-state index contributed by atoms with van der Waals surface area (Å²) in [6, 6.07) is 5.59. The van der Waals surface area contributed by atoms with Gasteiger partial charge in [-0.1, -0.05) is 0 Å². The van der Waals surface area contributed by atoms with E-state index in [9.17, 15) is 0 Å². The maximum absolute atomic E-state index is 8.29. The number of hydrogen-bond donors (Lipinski definition) is 2. The number of nitrogens with zero attached hydrogens (tertiary/aromatic N) is 1. The van der Waals surface area contributed by atoms with Crippen LogP contribution in [0, 0.1) is 11.3 Å². The zero-order valence-electron chi connectivity index (χ0n) is 5.54. The highest BCUT2D eigenvalue weighted by Gasteiger charge is 2.03. The molecule has 1 aromatic rings. The zero-order chi connectivity index (χ0) is 7.40. The molecule has 0 fully saturated rings. The van der Waals surface area contributed by atoms with Crippen molar-refractivity contribution >= 4 is 0 Å². The Balaban J connectivity index is 2.61. The number of nitrogens with one attached hydrogen (secondary N) is 1. The summed E-state index contributed by atoms with van der Waals surface area (Å²) in [7, 11) is 0. The van der Waals surface area contributed by atoms with Gasteiger partial charge in [0.2, 0.25) is 0 Å². The Kier molecular flexibility index (Phi) is 2.08. The van der Waals surface area contributed by atoms with Crippen LogP contribution in [0.4, 0.5) is 0 Å². The second-order valence-electron chi connectivity index (χ2n) is 2.09. The van der Waals surface area contributed by atoms with Gasteiger partial charge in [0, 0.05) is 11.9 Å². The van der Waals surface area contributed by atoms with Crippen LogP contribution in [0.2, 0.25) is 0 Å². The number of nitriles is 1. The van der Waals surface area contributed by atoms with E-state index >= 15 is 0 Å². The Morgan fingerprint density at radius 3 is 3.10 bits per heavy atom. The SMILES string of the molecule is N#CC[C@H](N)c1ccc[nH]1. The van der Waals surface area contributed by atoms with Gasteiger partial charge in [0.05, 0.1) is 18.5 Å². The second kappa shape index (κ2) is 3.04. The highest BCUT2D eigenvalue weighted by Crippen LogP contribution is 2.09. The highest BCUT2D eigenvalue weighted by molar-refractivity contribution is 5.09. The molecule has 1 atom stereocenters. The van der Waals surface area contributed by atoms with E-state index < -0.39 is 0 Å². The van der Waals surface area contributed by atoms with Crippen LogP contribution in [-0.4, -0.2) is 4.98 Å². The van der Waals surface area contributed by atoms with E-state index in [1.54, 1.807) is 6.20 Å². The molecule has 0 aromatic carbocycles. The van der Waals surface area contributed by atoms with E-state index in [0.29, 0.717) is 6.42 Å². The molecule has 0 aliphatic carbocycles. The van der Waals surface area contributed by atoms with Crippen LogP contribution in [0.15, 0.2) is 18.3 Å². The molecular weight excluding hydrogens is 126 g/mol. The van der Waals surface area contributed by atoms with Gasteiger partial charge in [-0.15, -0.1) is 0 Å². The summed E-state index contributed by atoms with van der Waals surface area (Å²) in [5.74, 6) is 0. The summed E-state index contributed by atoms with van der Waals surface area (Å²) >= 11 is 0. The largest absolute Gasteiger partial charge is 0.364 e. The lowest BCUT2D eigenvalue weighted by molar-refractivity contribution is 0.726. The Morgan fingerprint density at radius 1 is 1.80 bits per heavy atom. The predicted molar refractivity (Wildman–Crippen MR) is 38.0 cm³/mol. The molecule has 3 N–H and O–H groups in total. The molecule has 1 aromatic heterocycles. The van der Waals surface area contributed by atoms with Crippen molar-refractivity contribution in [2.45, 2.75) is 12.5 Å². The van der Waals surface area contributed by atoms with Crippen molar-refractivity contribution in [3.63, 3.8) is 0 Å². The van der Waals surface area contributed by atoms with E-state index in [4.69, 9.17) is 11.0 Å². The quantitative estimate of drug-likeness (QED) is 0.633.